The van der Waals surface area contributed by atoms with Gasteiger partial charge in [-0.1, -0.05) is 13.8 Å². The summed E-state index contributed by atoms with van der Waals surface area (Å²) in [7, 11) is 0. The molecule has 0 radical (unpaired) electrons. The van der Waals surface area contributed by atoms with Crippen molar-refractivity contribution >= 4 is 0 Å². The molecule has 10 heavy (non-hydrogen) atoms. The molecule has 0 saturated carbocycles. The summed E-state index contributed by atoms with van der Waals surface area (Å²) in [5.74, 6) is 0.574. The van der Waals surface area contributed by atoms with E-state index >= 15 is 0 Å². The first kappa shape index (κ1) is 9.48. The lowest BCUT2D eigenvalue weighted by Gasteiger charge is -1.87. The highest BCUT2D eigenvalue weighted by Gasteiger charge is 1.79. The molecule has 1 N–H and O–H groups in total. The molecule has 0 amide bonds. The van der Waals surface area contributed by atoms with E-state index in [1.807, 2.05) is 12.2 Å². The lowest BCUT2D eigenvalue weighted by molar-refractivity contribution is 0.289. The molecular formula is C9H16O. The van der Waals surface area contributed by atoms with Gasteiger partial charge < -0.3 is 5.11 Å². The molecule has 0 fully saturated rings. The zero-order valence-electron chi connectivity index (χ0n) is 6.80. The van der Waals surface area contributed by atoms with Crippen molar-refractivity contribution in [3.8, 4) is 0 Å². The highest BCUT2D eigenvalue weighted by Crippen LogP contribution is 1.92. The minimum atomic E-state index is 0.278. The molecule has 0 aromatic heterocycles. The standard InChI is InChI=1S/C9H16O/c1-9(2)7-5-3-4-6-8-10/h3,7,9-10H,4,6,8H2,1-2H3. The predicted octanol–water partition coefficient (Wildman–Crippen LogP) is 2.13. The van der Waals surface area contributed by atoms with E-state index in [1.54, 1.807) is 0 Å². The minimum Gasteiger partial charge on any atom is -0.396 e. The molecule has 58 valence electrons. The molecule has 0 heterocycles. The summed E-state index contributed by atoms with van der Waals surface area (Å²) in [5.41, 5.74) is 3.06. The van der Waals surface area contributed by atoms with Gasteiger partial charge in [0.2, 0.25) is 0 Å². The fourth-order valence-corrected chi connectivity index (χ4v) is 0.537. The second-order valence-electron chi connectivity index (χ2n) is 2.65. The van der Waals surface area contributed by atoms with E-state index in [0.29, 0.717) is 5.92 Å². The van der Waals surface area contributed by atoms with Crippen molar-refractivity contribution < 1.29 is 5.11 Å². The second-order valence-corrected chi connectivity index (χ2v) is 2.65. The minimum absolute atomic E-state index is 0.278. The summed E-state index contributed by atoms with van der Waals surface area (Å²) in [6.45, 7) is 4.51. The van der Waals surface area contributed by atoms with Crippen molar-refractivity contribution in [1.29, 1.82) is 0 Å². The van der Waals surface area contributed by atoms with Crippen molar-refractivity contribution in [2.24, 2.45) is 5.92 Å². The summed E-state index contributed by atoms with van der Waals surface area (Å²) in [6, 6.07) is 0. The zero-order chi connectivity index (χ0) is 7.82. The number of unbranched alkanes of at least 4 members (excludes halogenated alkanes) is 1. The van der Waals surface area contributed by atoms with Crippen LogP contribution >= 0.6 is 0 Å². The van der Waals surface area contributed by atoms with Crippen LogP contribution in [0.5, 0.6) is 0 Å². The number of rotatable bonds is 4. The number of allylic oxidation sites excluding steroid dienone is 1. The third-order valence-corrected chi connectivity index (χ3v) is 1.05. The number of hydrogen-bond acceptors (Lipinski definition) is 1. The van der Waals surface area contributed by atoms with E-state index in [-0.39, 0.29) is 6.61 Å². The second kappa shape index (κ2) is 6.60. The topological polar surface area (TPSA) is 20.2 Å². The fourth-order valence-electron chi connectivity index (χ4n) is 0.537. The Hall–Kier alpha value is -0.520. The van der Waals surface area contributed by atoms with E-state index < -0.39 is 0 Å². The summed E-state index contributed by atoms with van der Waals surface area (Å²) in [6.07, 6.45) is 5.77. The van der Waals surface area contributed by atoms with Gasteiger partial charge in [-0.15, -0.1) is 5.73 Å². The van der Waals surface area contributed by atoms with Gasteiger partial charge in [-0.3, -0.25) is 0 Å². The Bertz CT molecular complexity index is 119. The van der Waals surface area contributed by atoms with Crippen LogP contribution in [0.3, 0.4) is 0 Å². The van der Waals surface area contributed by atoms with Gasteiger partial charge in [0.05, 0.1) is 0 Å². The highest BCUT2D eigenvalue weighted by atomic mass is 16.2. The van der Waals surface area contributed by atoms with Crippen LogP contribution in [-0.4, -0.2) is 11.7 Å². The molecule has 0 aromatic rings. The van der Waals surface area contributed by atoms with Gasteiger partial charge in [-0.25, -0.2) is 0 Å². The Kier molecular flexibility index (Phi) is 6.25. The molecule has 1 nitrogen and oxygen atoms in total. The third-order valence-electron chi connectivity index (χ3n) is 1.05. The van der Waals surface area contributed by atoms with Gasteiger partial charge in [0.1, 0.15) is 0 Å². The van der Waals surface area contributed by atoms with Crippen LogP contribution in [0.2, 0.25) is 0 Å². The molecule has 0 aliphatic carbocycles. The van der Waals surface area contributed by atoms with E-state index in [9.17, 15) is 0 Å². The van der Waals surface area contributed by atoms with Gasteiger partial charge in [-0.05, 0) is 30.9 Å². The van der Waals surface area contributed by atoms with Gasteiger partial charge >= 0.3 is 0 Å². The molecule has 0 rings (SSSR count). The summed E-state index contributed by atoms with van der Waals surface area (Å²) in [4.78, 5) is 0. The Labute approximate surface area is 63.1 Å². The molecule has 0 aliphatic rings. The molecule has 0 aliphatic heterocycles. The van der Waals surface area contributed by atoms with Crippen LogP contribution in [0.1, 0.15) is 26.7 Å². The first-order valence-corrected chi connectivity index (χ1v) is 3.79. The quantitative estimate of drug-likeness (QED) is 0.468. The third kappa shape index (κ3) is 7.48. The Morgan fingerprint density at radius 3 is 2.70 bits per heavy atom. The maximum absolute atomic E-state index is 8.42. The normalized spacial score (nSPS) is 9.20. The van der Waals surface area contributed by atoms with E-state index in [0.717, 1.165) is 12.8 Å². The molecule has 0 bridgehead atoms. The van der Waals surface area contributed by atoms with Crippen molar-refractivity contribution in [2.45, 2.75) is 26.7 Å². The Morgan fingerprint density at radius 2 is 2.20 bits per heavy atom. The van der Waals surface area contributed by atoms with Crippen molar-refractivity contribution in [1.82, 2.24) is 0 Å². The van der Waals surface area contributed by atoms with Gasteiger partial charge in [0.15, 0.2) is 0 Å². The van der Waals surface area contributed by atoms with Crippen molar-refractivity contribution in [3.05, 3.63) is 17.9 Å². The largest absolute Gasteiger partial charge is 0.396 e. The average molecular weight is 140 g/mol. The lowest BCUT2D eigenvalue weighted by atomic mass is 10.2. The van der Waals surface area contributed by atoms with Gasteiger partial charge in [-0.2, -0.15) is 0 Å². The monoisotopic (exact) mass is 140 g/mol. The predicted molar refractivity (Wildman–Crippen MR) is 43.8 cm³/mol. The maximum atomic E-state index is 8.42. The van der Waals surface area contributed by atoms with Crippen LogP contribution in [0, 0.1) is 5.92 Å². The van der Waals surface area contributed by atoms with Crippen molar-refractivity contribution in [2.75, 3.05) is 6.61 Å². The number of hydrogen-bond donors (Lipinski definition) is 1. The molecule has 0 unspecified atom stereocenters. The summed E-state index contributed by atoms with van der Waals surface area (Å²) >= 11 is 0. The highest BCUT2D eigenvalue weighted by molar-refractivity contribution is 4.86. The Morgan fingerprint density at radius 1 is 1.50 bits per heavy atom. The smallest absolute Gasteiger partial charge is 0.0434 e. The van der Waals surface area contributed by atoms with E-state index in [1.165, 1.54) is 0 Å². The van der Waals surface area contributed by atoms with E-state index in [4.69, 9.17) is 5.11 Å². The molecule has 0 aromatic carbocycles. The summed E-state index contributed by atoms with van der Waals surface area (Å²) < 4.78 is 0. The molecule has 0 saturated heterocycles. The van der Waals surface area contributed by atoms with Crippen LogP contribution in [-0.2, 0) is 0 Å². The maximum Gasteiger partial charge on any atom is 0.0434 e. The van der Waals surface area contributed by atoms with Crippen molar-refractivity contribution in [3.63, 3.8) is 0 Å². The fraction of sp³-hybridized carbons (Fsp3) is 0.667. The molecule has 1 heteroatoms. The first-order chi connectivity index (χ1) is 4.77. The van der Waals surface area contributed by atoms with Gasteiger partial charge in [0, 0.05) is 6.61 Å². The van der Waals surface area contributed by atoms with E-state index in [2.05, 4.69) is 19.6 Å². The lowest BCUT2D eigenvalue weighted by Crippen LogP contribution is -1.78. The molecular weight excluding hydrogens is 124 g/mol. The van der Waals surface area contributed by atoms with Crippen LogP contribution in [0.25, 0.3) is 0 Å². The first-order valence-electron chi connectivity index (χ1n) is 3.79. The van der Waals surface area contributed by atoms with Gasteiger partial charge in [0.25, 0.3) is 0 Å². The molecule has 0 atom stereocenters. The molecule has 0 spiro atoms. The van der Waals surface area contributed by atoms with Crippen LogP contribution in [0.4, 0.5) is 0 Å². The van der Waals surface area contributed by atoms with Crippen LogP contribution < -0.4 is 0 Å². The zero-order valence-corrected chi connectivity index (χ0v) is 6.80. The SMILES string of the molecule is CC(C)C=C=CCCCO. The Balaban J connectivity index is 3.35. The summed E-state index contributed by atoms with van der Waals surface area (Å²) in [5, 5.41) is 8.42. The average Bonchev–Trinajstić information content (AvgIpc) is 1.87. The van der Waals surface area contributed by atoms with Crippen LogP contribution in [0.15, 0.2) is 17.9 Å². The number of aliphatic hydroxyl groups excluding tert-OH is 1. The number of aliphatic hydroxyl groups is 1.